The van der Waals surface area contributed by atoms with Crippen LogP contribution in [-0.2, 0) is 0 Å². The molecule has 5 aromatic rings. The van der Waals surface area contributed by atoms with Crippen molar-refractivity contribution in [2.75, 3.05) is 0 Å². The molecule has 0 amide bonds. The van der Waals surface area contributed by atoms with E-state index in [2.05, 4.69) is 24.9 Å². The van der Waals surface area contributed by atoms with Crippen LogP contribution in [0.3, 0.4) is 0 Å². The first-order chi connectivity index (χ1) is 15.3. The van der Waals surface area contributed by atoms with Gasteiger partial charge in [0.1, 0.15) is 5.82 Å². The summed E-state index contributed by atoms with van der Waals surface area (Å²) in [7, 11) is 0. The number of aliphatic imine (C=N–C) groups is 2. The van der Waals surface area contributed by atoms with Gasteiger partial charge in [-0.1, -0.05) is 12.1 Å². The van der Waals surface area contributed by atoms with Crippen LogP contribution in [0.1, 0.15) is 11.1 Å². The zero-order chi connectivity index (χ0) is 20.9. The van der Waals surface area contributed by atoms with E-state index in [1.165, 1.54) is 0 Å². The van der Waals surface area contributed by atoms with Gasteiger partial charge in [-0.05, 0) is 54.6 Å². The molecule has 0 atom stereocenters. The van der Waals surface area contributed by atoms with Gasteiger partial charge in [-0.25, -0.2) is 4.98 Å². The number of hydrogen-bond donors (Lipinski definition) is 1. The van der Waals surface area contributed by atoms with E-state index in [0.29, 0.717) is 0 Å². The lowest BCUT2D eigenvalue weighted by molar-refractivity contribution is 1.32. The molecule has 3 heterocycles. The molecule has 0 aliphatic carbocycles. The molecule has 1 N–H and O–H groups in total. The summed E-state index contributed by atoms with van der Waals surface area (Å²) in [6.07, 6.45) is 10.7. The predicted molar refractivity (Wildman–Crippen MR) is 125 cm³/mol. The summed E-state index contributed by atoms with van der Waals surface area (Å²) < 4.78 is 0. The predicted octanol–water partition coefficient (Wildman–Crippen LogP) is 5.52. The second kappa shape index (κ2) is 8.51. The SMILES string of the molecule is C(=Nc1ccc(-c2nc3ccc(N=Cc4cccnc4)cc3[nH]2)cc1)c1cccnc1. The molecular weight excluding hydrogens is 384 g/mol. The van der Waals surface area contributed by atoms with Gasteiger partial charge in [0, 0.05) is 53.9 Å². The third-order valence-electron chi connectivity index (χ3n) is 4.70. The van der Waals surface area contributed by atoms with Crippen molar-refractivity contribution >= 4 is 34.8 Å². The topological polar surface area (TPSA) is 79.2 Å². The van der Waals surface area contributed by atoms with Crippen LogP contribution in [0.2, 0.25) is 0 Å². The Morgan fingerprint density at radius 2 is 1.35 bits per heavy atom. The molecule has 6 heteroatoms. The zero-order valence-corrected chi connectivity index (χ0v) is 16.6. The molecule has 148 valence electrons. The Balaban J connectivity index is 1.35. The number of rotatable bonds is 5. The van der Waals surface area contributed by atoms with E-state index in [1.807, 2.05) is 66.7 Å². The molecule has 3 aromatic heterocycles. The number of H-pyrrole nitrogens is 1. The highest BCUT2D eigenvalue weighted by atomic mass is 14.9. The van der Waals surface area contributed by atoms with E-state index in [4.69, 9.17) is 4.98 Å². The summed E-state index contributed by atoms with van der Waals surface area (Å²) in [6, 6.07) is 21.6. The van der Waals surface area contributed by atoms with E-state index >= 15 is 0 Å². The molecule has 0 unspecified atom stereocenters. The second-order valence-electron chi connectivity index (χ2n) is 6.92. The zero-order valence-electron chi connectivity index (χ0n) is 16.6. The molecule has 6 nitrogen and oxygen atoms in total. The molecule has 0 radical (unpaired) electrons. The van der Waals surface area contributed by atoms with Crippen LogP contribution in [0, 0.1) is 0 Å². The highest BCUT2D eigenvalue weighted by Gasteiger charge is 2.06. The van der Waals surface area contributed by atoms with Crippen molar-refractivity contribution in [3.63, 3.8) is 0 Å². The van der Waals surface area contributed by atoms with Crippen molar-refractivity contribution in [1.29, 1.82) is 0 Å². The minimum absolute atomic E-state index is 0.811. The van der Waals surface area contributed by atoms with Gasteiger partial charge in [-0.15, -0.1) is 0 Å². The monoisotopic (exact) mass is 402 g/mol. The van der Waals surface area contributed by atoms with Crippen molar-refractivity contribution in [3.05, 3.63) is 103 Å². The third-order valence-corrected chi connectivity index (χ3v) is 4.70. The average molecular weight is 402 g/mol. The number of hydrogen-bond acceptors (Lipinski definition) is 5. The number of benzene rings is 2. The Morgan fingerprint density at radius 1 is 0.710 bits per heavy atom. The maximum atomic E-state index is 4.70. The van der Waals surface area contributed by atoms with Crippen molar-refractivity contribution < 1.29 is 0 Å². The number of fused-ring (bicyclic) bond motifs is 1. The maximum absolute atomic E-state index is 4.70. The van der Waals surface area contributed by atoms with E-state index in [9.17, 15) is 0 Å². The molecule has 31 heavy (non-hydrogen) atoms. The fraction of sp³-hybridized carbons (Fsp3) is 0. The number of imidazole rings is 1. The van der Waals surface area contributed by atoms with Crippen LogP contribution in [0.25, 0.3) is 22.4 Å². The Morgan fingerprint density at radius 3 is 2.00 bits per heavy atom. The van der Waals surface area contributed by atoms with Gasteiger partial charge in [-0.2, -0.15) is 0 Å². The van der Waals surface area contributed by atoms with Gasteiger partial charge in [0.2, 0.25) is 0 Å². The summed E-state index contributed by atoms with van der Waals surface area (Å²) in [5.74, 6) is 0.811. The first-order valence-corrected chi connectivity index (χ1v) is 9.82. The van der Waals surface area contributed by atoms with Crippen molar-refractivity contribution in [3.8, 4) is 11.4 Å². The summed E-state index contributed by atoms with van der Waals surface area (Å²) in [4.78, 5) is 25.3. The number of aromatic nitrogens is 4. The Bertz CT molecular complexity index is 1350. The Labute approximate surface area is 179 Å². The first-order valence-electron chi connectivity index (χ1n) is 9.82. The lowest BCUT2D eigenvalue weighted by Gasteiger charge is -1.98. The van der Waals surface area contributed by atoms with E-state index in [0.717, 1.165) is 44.9 Å². The molecule has 0 bridgehead atoms. The van der Waals surface area contributed by atoms with E-state index in [-0.39, 0.29) is 0 Å². The minimum Gasteiger partial charge on any atom is -0.338 e. The molecule has 0 aliphatic rings. The molecule has 2 aromatic carbocycles. The quantitative estimate of drug-likeness (QED) is 0.393. The van der Waals surface area contributed by atoms with Crippen LogP contribution in [0.15, 0.2) is 102 Å². The molecule has 0 saturated heterocycles. The summed E-state index contributed by atoms with van der Waals surface area (Å²) in [5, 5.41) is 0. The molecule has 5 rings (SSSR count). The molecule has 0 spiro atoms. The van der Waals surface area contributed by atoms with E-state index in [1.54, 1.807) is 37.2 Å². The van der Waals surface area contributed by atoms with Crippen molar-refractivity contribution in [2.24, 2.45) is 9.98 Å². The van der Waals surface area contributed by atoms with Gasteiger partial charge in [0.05, 0.1) is 22.4 Å². The summed E-state index contributed by atoms with van der Waals surface area (Å²) in [5.41, 5.74) is 6.48. The highest BCUT2D eigenvalue weighted by Crippen LogP contribution is 2.25. The number of aromatic amines is 1. The Hall–Kier alpha value is -4.45. The molecule has 0 fully saturated rings. The van der Waals surface area contributed by atoms with Crippen LogP contribution in [-0.4, -0.2) is 32.4 Å². The fourth-order valence-corrected chi connectivity index (χ4v) is 3.12. The van der Waals surface area contributed by atoms with E-state index < -0.39 is 0 Å². The van der Waals surface area contributed by atoms with Crippen LogP contribution < -0.4 is 0 Å². The summed E-state index contributed by atoms with van der Waals surface area (Å²) in [6.45, 7) is 0. The van der Waals surface area contributed by atoms with Gasteiger partial charge >= 0.3 is 0 Å². The normalized spacial score (nSPS) is 11.6. The highest BCUT2D eigenvalue weighted by molar-refractivity contribution is 5.86. The average Bonchev–Trinajstić information content (AvgIpc) is 3.26. The minimum atomic E-state index is 0.811. The fourth-order valence-electron chi connectivity index (χ4n) is 3.12. The van der Waals surface area contributed by atoms with Crippen LogP contribution in [0.5, 0.6) is 0 Å². The largest absolute Gasteiger partial charge is 0.338 e. The van der Waals surface area contributed by atoms with Gasteiger partial charge < -0.3 is 4.98 Å². The van der Waals surface area contributed by atoms with Crippen LogP contribution in [0.4, 0.5) is 11.4 Å². The van der Waals surface area contributed by atoms with Crippen molar-refractivity contribution in [1.82, 2.24) is 19.9 Å². The molecule has 0 aliphatic heterocycles. The van der Waals surface area contributed by atoms with Gasteiger partial charge in [0.15, 0.2) is 0 Å². The Kier molecular flexibility index (Phi) is 5.10. The van der Waals surface area contributed by atoms with Crippen LogP contribution >= 0.6 is 0 Å². The second-order valence-corrected chi connectivity index (χ2v) is 6.92. The lowest BCUT2D eigenvalue weighted by Crippen LogP contribution is -1.82. The third kappa shape index (κ3) is 4.43. The lowest BCUT2D eigenvalue weighted by atomic mass is 10.2. The molecular formula is C25H18N6. The molecule has 0 saturated carbocycles. The smallest absolute Gasteiger partial charge is 0.138 e. The number of nitrogens with zero attached hydrogens (tertiary/aromatic N) is 5. The maximum Gasteiger partial charge on any atom is 0.138 e. The van der Waals surface area contributed by atoms with Crippen molar-refractivity contribution in [2.45, 2.75) is 0 Å². The first kappa shape index (κ1) is 18.6. The van der Waals surface area contributed by atoms with Gasteiger partial charge in [-0.3, -0.25) is 20.0 Å². The summed E-state index contributed by atoms with van der Waals surface area (Å²) >= 11 is 0. The number of pyridine rings is 2. The standard InChI is InChI=1S/C25H18N6/c1-3-18(14-26-11-1)16-28-21-7-5-20(6-8-21)25-30-23-10-9-22(13-24(23)31-25)29-17-19-4-2-12-27-15-19/h1-17H,(H,30,31). The number of nitrogens with one attached hydrogen (secondary N) is 1. The van der Waals surface area contributed by atoms with Gasteiger partial charge in [0.25, 0.3) is 0 Å².